The second kappa shape index (κ2) is 10.4. The Labute approximate surface area is 136 Å². The van der Waals surface area contributed by atoms with Crippen molar-refractivity contribution in [1.82, 2.24) is 0 Å². The summed E-state index contributed by atoms with van der Waals surface area (Å²) in [5.41, 5.74) is 2.17. The average Bonchev–Trinajstić information content (AvgIpc) is 2.57. The molecule has 1 unspecified atom stereocenters. The zero-order chi connectivity index (χ0) is 16.4. The van der Waals surface area contributed by atoms with Gasteiger partial charge in [0, 0.05) is 6.42 Å². The van der Waals surface area contributed by atoms with Crippen LogP contribution in [0.15, 0.2) is 30.8 Å². The minimum Gasteiger partial charge on any atom is -0.465 e. The molecular weight excluding hydrogens is 272 g/mol. The summed E-state index contributed by atoms with van der Waals surface area (Å²) in [6.45, 7) is 12.1. The Morgan fingerprint density at radius 1 is 1.23 bits per heavy atom. The SMILES string of the molecule is C=C(C)c1cccc(OC(CC)OC2CCCCC2)c1.CC. The Morgan fingerprint density at radius 3 is 2.50 bits per heavy atom. The third-order valence-corrected chi connectivity index (χ3v) is 3.82. The van der Waals surface area contributed by atoms with Crippen molar-refractivity contribution in [3.8, 4) is 5.75 Å². The van der Waals surface area contributed by atoms with E-state index in [1.165, 1.54) is 32.1 Å². The van der Waals surface area contributed by atoms with Gasteiger partial charge < -0.3 is 9.47 Å². The van der Waals surface area contributed by atoms with Gasteiger partial charge in [0.1, 0.15) is 5.75 Å². The van der Waals surface area contributed by atoms with E-state index in [2.05, 4.69) is 19.6 Å². The van der Waals surface area contributed by atoms with Gasteiger partial charge in [-0.15, -0.1) is 0 Å². The van der Waals surface area contributed by atoms with Crippen LogP contribution in [0.1, 0.15) is 71.8 Å². The van der Waals surface area contributed by atoms with Crippen molar-refractivity contribution in [1.29, 1.82) is 0 Å². The molecule has 0 aromatic heterocycles. The molecule has 1 aliphatic rings. The van der Waals surface area contributed by atoms with E-state index >= 15 is 0 Å². The Bertz CT molecular complexity index is 433. The Kier molecular flexibility index (Phi) is 8.91. The summed E-state index contributed by atoms with van der Waals surface area (Å²) in [7, 11) is 0. The molecule has 2 nitrogen and oxygen atoms in total. The molecule has 0 heterocycles. The molecule has 0 aliphatic heterocycles. The van der Waals surface area contributed by atoms with Gasteiger partial charge in [0.15, 0.2) is 6.29 Å². The second-order valence-electron chi connectivity index (χ2n) is 5.66. The van der Waals surface area contributed by atoms with Crippen molar-refractivity contribution in [2.45, 2.75) is 78.6 Å². The number of rotatable bonds is 6. The van der Waals surface area contributed by atoms with E-state index in [9.17, 15) is 0 Å². The van der Waals surface area contributed by atoms with Crippen LogP contribution >= 0.6 is 0 Å². The smallest absolute Gasteiger partial charge is 0.199 e. The standard InChI is InChI=1S/C18H26O2.C2H6/c1-4-18(19-16-10-6-5-7-11-16)20-17-12-8-9-15(13-17)14(2)3;1-2/h8-9,12-13,16,18H,2,4-7,10-11H2,1,3H3;1-2H3. The lowest BCUT2D eigenvalue weighted by Crippen LogP contribution is -2.28. The molecule has 2 rings (SSSR count). The maximum Gasteiger partial charge on any atom is 0.199 e. The van der Waals surface area contributed by atoms with Crippen LogP contribution in [-0.4, -0.2) is 12.4 Å². The molecule has 1 fully saturated rings. The lowest BCUT2D eigenvalue weighted by Gasteiger charge is -2.27. The van der Waals surface area contributed by atoms with Crippen LogP contribution in [0.5, 0.6) is 5.75 Å². The van der Waals surface area contributed by atoms with Crippen LogP contribution in [0.3, 0.4) is 0 Å². The van der Waals surface area contributed by atoms with Crippen LogP contribution in [-0.2, 0) is 4.74 Å². The van der Waals surface area contributed by atoms with Crippen molar-refractivity contribution in [3.63, 3.8) is 0 Å². The van der Waals surface area contributed by atoms with E-state index in [4.69, 9.17) is 9.47 Å². The molecule has 1 atom stereocenters. The van der Waals surface area contributed by atoms with Crippen LogP contribution in [0.25, 0.3) is 5.57 Å². The second-order valence-corrected chi connectivity index (χ2v) is 5.66. The quantitative estimate of drug-likeness (QED) is 0.582. The molecule has 0 spiro atoms. The lowest BCUT2D eigenvalue weighted by molar-refractivity contribution is -0.129. The molecule has 1 aromatic rings. The highest BCUT2D eigenvalue weighted by Gasteiger charge is 2.19. The highest BCUT2D eigenvalue weighted by Crippen LogP contribution is 2.25. The fourth-order valence-electron chi connectivity index (χ4n) is 2.61. The predicted molar refractivity (Wildman–Crippen MR) is 95.2 cm³/mol. The van der Waals surface area contributed by atoms with Gasteiger partial charge in [-0.3, -0.25) is 0 Å². The molecule has 0 bridgehead atoms. The normalized spacial score (nSPS) is 16.4. The zero-order valence-corrected chi connectivity index (χ0v) is 14.7. The molecule has 2 heteroatoms. The Balaban J connectivity index is 0.00000116. The summed E-state index contributed by atoms with van der Waals surface area (Å²) in [6, 6.07) is 8.08. The van der Waals surface area contributed by atoms with Crippen LogP contribution in [0, 0.1) is 0 Å². The van der Waals surface area contributed by atoms with E-state index in [1.54, 1.807) is 0 Å². The predicted octanol–water partition coefficient (Wildman–Crippen LogP) is 6.21. The molecule has 0 saturated heterocycles. The van der Waals surface area contributed by atoms with Crippen LogP contribution in [0.4, 0.5) is 0 Å². The van der Waals surface area contributed by atoms with E-state index in [-0.39, 0.29) is 6.29 Å². The van der Waals surface area contributed by atoms with Gasteiger partial charge in [-0.1, -0.05) is 64.3 Å². The van der Waals surface area contributed by atoms with Gasteiger partial charge in [-0.05, 0) is 37.5 Å². The van der Waals surface area contributed by atoms with Crippen molar-refractivity contribution in [2.75, 3.05) is 0 Å². The van der Waals surface area contributed by atoms with Crippen molar-refractivity contribution >= 4 is 5.57 Å². The van der Waals surface area contributed by atoms with Crippen LogP contribution in [0.2, 0.25) is 0 Å². The fourth-order valence-corrected chi connectivity index (χ4v) is 2.61. The van der Waals surface area contributed by atoms with Gasteiger partial charge >= 0.3 is 0 Å². The molecule has 1 aromatic carbocycles. The Morgan fingerprint density at radius 2 is 1.91 bits per heavy atom. The zero-order valence-electron chi connectivity index (χ0n) is 14.7. The highest BCUT2D eigenvalue weighted by molar-refractivity contribution is 5.62. The molecule has 124 valence electrons. The molecule has 22 heavy (non-hydrogen) atoms. The van der Waals surface area contributed by atoms with Gasteiger partial charge in [-0.2, -0.15) is 0 Å². The minimum absolute atomic E-state index is 0.140. The third-order valence-electron chi connectivity index (χ3n) is 3.82. The van der Waals surface area contributed by atoms with Crippen LogP contribution < -0.4 is 4.74 Å². The van der Waals surface area contributed by atoms with E-state index < -0.39 is 0 Å². The third kappa shape index (κ3) is 6.23. The van der Waals surface area contributed by atoms with Gasteiger partial charge in [0.05, 0.1) is 6.10 Å². The maximum absolute atomic E-state index is 6.10. The number of hydrogen-bond acceptors (Lipinski definition) is 2. The molecular formula is C20H32O2. The highest BCUT2D eigenvalue weighted by atomic mass is 16.7. The van der Waals surface area contributed by atoms with Crippen molar-refractivity contribution in [3.05, 3.63) is 36.4 Å². The molecule has 0 radical (unpaired) electrons. The minimum atomic E-state index is -0.140. The number of hydrogen-bond donors (Lipinski definition) is 0. The fraction of sp³-hybridized carbons (Fsp3) is 0.600. The number of benzene rings is 1. The first kappa shape index (κ1) is 18.8. The number of ether oxygens (including phenoxy) is 2. The molecule has 0 N–H and O–H groups in total. The Hall–Kier alpha value is -1.28. The molecule has 1 saturated carbocycles. The van der Waals surface area contributed by atoms with Gasteiger partial charge in [-0.25, -0.2) is 0 Å². The topological polar surface area (TPSA) is 18.5 Å². The van der Waals surface area contributed by atoms with Crippen molar-refractivity contribution in [2.24, 2.45) is 0 Å². The van der Waals surface area contributed by atoms with E-state index in [1.807, 2.05) is 39.0 Å². The first-order chi connectivity index (χ1) is 10.7. The first-order valence-electron chi connectivity index (χ1n) is 8.77. The summed E-state index contributed by atoms with van der Waals surface area (Å²) in [5, 5.41) is 0. The van der Waals surface area contributed by atoms with Crippen molar-refractivity contribution < 1.29 is 9.47 Å². The molecule has 0 amide bonds. The monoisotopic (exact) mass is 304 g/mol. The summed E-state index contributed by atoms with van der Waals surface area (Å²) in [6.07, 6.45) is 7.36. The summed E-state index contributed by atoms with van der Waals surface area (Å²) in [5.74, 6) is 0.869. The molecule has 1 aliphatic carbocycles. The first-order valence-corrected chi connectivity index (χ1v) is 8.77. The average molecular weight is 304 g/mol. The lowest BCUT2D eigenvalue weighted by atomic mass is 9.98. The largest absolute Gasteiger partial charge is 0.465 e. The summed E-state index contributed by atoms with van der Waals surface area (Å²) < 4.78 is 12.1. The van der Waals surface area contributed by atoms with E-state index in [0.717, 1.165) is 23.3 Å². The summed E-state index contributed by atoms with van der Waals surface area (Å²) >= 11 is 0. The van der Waals surface area contributed by atoms with E-state index in [0.29, 0.717) is 6.10 Å². The van der Waals surface area contributed by atoms with Gasteiger partial charge in [0.25, 0.3) is 0 Å². The van der Waals surface area contributed by atoms with Gasteiger partial charge in [0.2, 0.25) is 0 Å². The maximum atomic E-state index is 6.10. The summed E-state index contributed by atoms with van der Waals surface area (Å²) in [4.78, 5) is 0. The number of allylic oxidation sites excluding steroid dienone is 1.